The van der Waals surface area contributed by atoms with E-state index in [0.717, 1.165) is 29.4 Å². The molecule has 0 radical (unpaired) electrons. The van der Waals surface area contributed by atoms with Gasteiger partial charge in [0.05, 0.1) is 0 Å². The van der Waals surface area contributed by atoms with Gasteiger partial charge in [0.2, 0.25) is 0 Å². The first-order valence-corrected chi connectivity index (χ1v) is 7.97. The molecule has 0 aliphatic heterocycles. The van der Waals surface area contributed by atoms with Crippen molar-refractivity contribution in [1.82, 2.24) is 15.3 Å². The van der Waals surface area contributed by atoms with E-state index in [0.29, 0.717) is 12.5 Å². The van der Waals surface area contributed by atoms with Gasteiger partial charge in [0.25, 0.3) is 0 Å². The van der Waals surface area contributed by atoms with Crippen LogP contribution in [0.5, 0.6) is 0 Å². The van der Waals surface area contributed by atoms with Crippen LogP contribution >= 0.6 is 11.6 Å². The van der Waals surface area contributed by atoms with Crippen LogP contribution < -0.4 is 5.32 Å². The molecule has 1 aromatic carbocycles. The van der Waals surface area contributed by atoms with Gasteiger partial charge in [-0.3, -0.25) is 0 Å². The fourth-order valence-corrected chi connectivity index (χ4v) is 3.15. The summed E-state index contributed by atoms with van der Waals surface area (Å²) in [7, 11) is 0. The van der Waals surface area contributed by atoms with Crippen LogP contribution in [0.15, 0.2) is 30.5 Å². The quantitative estimate of drug-likeness (QED) is 0.935. The highest BCUT2D eigenvalue weighted by atomic mass is 35.5. The van der Waals surface area contributed by atoms with E-state index in [-0.39, 0.29) is 0 Å². The van der Waals surface area contributed by atoms with Crippen LogP contribution in [0.3, 0.4) is 0 Å². The lowest BCUT2D eigenvalue weighted by Gasteiger charge is -2.25. The molecule has 0 saturated carbocycles. The van der Waals surface area contributed by atoms with Crippen molar-refractivity contribution in [1.29, 1.82) is 0 Å². The standard InChI is InChI=1S/C17H20ClN3/c1-2-19-15-8-5-9-16-13(15)11-20-17(21-16)10-12-6-3-4-7-14(12)18/h3-4,6-7,11,15,19H,2,5,8-10H2,1H3. The number of rotatable bonds is 4. The lowest BCUT2D eigenvalue weighted by atomic mass is 9.92. The number of nitrogens with zero attached hydrogens (tertiary/aromatic N) is 2. The van der Waals surface area contributed by atoms with Crippen LogP contribution in [-0.4, -0.2) is 16.5 Å². The van der Waals surface area contributed by atoms with Gasteiger partial charge in [0.1, 0.15) is 5.82 Å². The maximum Gasteiger partial charge on any atom is 0.132 e. The van der Waals surface area contributed by atoms with Gasteiger partial charge in [0.15, 0.2) is 0 Å². The molecule has 1 N–H and O–H groups in total. The first kappa shape index (κ1) is 14.5. The molecule has 1 aromatic heterocycles. The number of fused-ring (bicyclic) bond motifs is 1. The molecule has 1 atom stereocenters. The molecule has 0 fully saturated rings. The zero-order valence-electron chi connectivity index (χ0n) is 12.3. The third-order valence-corrected chi connectivity index (χ3v) is 4.36. The van der Waals surface area contributed by atoms with Gasteiger partial charge < -0.3 is 5.32 Å². The predicted octanol–water partition coefficient (Wildman–Crippen LogP) is 3.71. The van der Waals surface area contributed by atoms with Crippen LogP contribution in [0.25, 0.3) is 0 Å². The number of aromatic nitrogens is 2. The second-order valence-corrected chi connectivity index (χ2v) is 5.87. The Bertz CT molecular complexity index is 627. The molecule has 0 bridgehead atoms. The second-order valence-electron chi connectivity index (χ2n) is 5.46. The van der Waals surface area contributed by atoms with E-state index < -0.39 is 0 Å². The Morgan fingerprint density at radius 2 is 2.19 bits per heavy atom. The van der Waals surface area contributed by atoms with Crippen molar-refractivity contribution < 1.29 is 0 Å². The zero-order chi connectivity index (χ0) is 14.7. The van der Waals surface area contributed by atoms with Gasteiger partial charge in [0, 0.05) is 34.9 Å². The van der Waals surface area contributed by atoms with E-state index in [1.165, 1.54) is 24.1 Å². The molecule has 2 aromatic rings. The van der Waals surface area contributed by atoms with Gasteiger partial charge in [-0.05, 0) is 37.4 Å². The summed E-state index contributed by atoms with van der Waals surface area (Å²) in [5.41, 5.74) is 3.55. The van der Waals surface area contributed by atoms with Gasteiger partial charge >= 0.3 is 0 Å². The molecule has 0 spiro atoms. The molecule has 1 aliphatic rings. The minimum Gasteiger partial charge on any atom is -0.310 e. The second kappa shape index (κ2) is 6.54. The Morgan fingerprint density at radius 1 is 1.33 bits per heavy atom. The lowest BCUT2D eigenvalue weighted by Crippen LogP contribution is -2.26. The molecule has 0 saturated heterocycles. The first-order valence-electron chi connectivity index (χ1n) is 7.59. The highest BCUT2D eigenvalue weighted by Gasteiger charge is 2.21. The summed E-state index contributed by atoms with van der Waals surface area (Å²) in [4.78, 5) is 9.32. The molecular formula is C17H20ClN3. The van der Waals surface area contributed by atoms with Crippen molar-refractivity contribution in [3.8, 4) is 0 Å². The van der Waals surface area contributed by atoms with Crippen molar-refractivity contribution in [3.05, 3.63) is 58.1 Å². The summed E-state index contributed by atoms with van der Waals surface area (Å²) >= 11 is 6.22. The van der Waals surface area contributed by atoms with Crippen LogP contribution in [0.2, 0.25) is 5.02 Å². The smallest absolute Gasteiger partial charge is 0.132 e. The predicted molar refractivity (Wildman–Crippen MR) is 85.6 cm³/mol. The maximum atomic E-state index is 6.22. The summed E-state index contributed by atoms with van der Waals surface area (Å²) < 4.78 is 0. The minimum absolute atomic E-state index is 0.410. The monoisotopic (exact) mass is 301 g/mol. The van der Waals surface area contributed by atoms with Crippen molar-refractivity contribution in [2.45, 2.75) is 38.6 Å². The molecule has 1 aliphatic carbocycles. The Kier molecular flexibility index (Phi) is 4.51. The lowest BCUT2D eigenvalue weighted by molar-refractivity contribution is 0.463. The normalized spacial score (nSPS) is 17.5. The fourth-order valence-electron chi connectivity index (χ4n) is 2.94. The van der Waals surface area contributed by atoms with E-state index in [1.54, 1.807) is 0 Å². The third-order valence-electron chi connectivity index (χ3n) is 3.99. The largest absolute Gasteiger partial charge is 0.310 e. The van der Waals surface area contributed by atoms with Crippen LogP contribution in [0.4, 0.5) is 0 Å². The highest BCUT2D eigenvalue weighted by molar-refractivity contribution is 6.31. The van der Waals surface area contributed by atoms with Crippen molar-refractivity contribution in [2.24, 2.45) is 0 Å². The number of benzene rings is 1. The van der Waals surface area contributed by atoms with E-state index in [1.807, 2.05) is 30.5 Å². The molecule has 21 heavy (non-hydrogen) atoms. The molecule has 4 heteroatoms. The number of hydrogen-bond donors (Lipinski definition) is 1. The summed E-state index contributed by atoms with van der Waals surface area (Å²) in [6.07, 6.45) is 6.11. The maximum absolute atomic E-state index is 6.22. The topological polar surface area (TPSA) is 37.8 Å². The summed E-state index contributed by atoms with van der Waals surface area (Å²) in [5, 5.41) is 4.30. The first-order chi connectivity index (χ1) is 10.3. The summed E-state index contributed by atoms with van der Waals surface area (Å²) in [5.74, 6) is 0.860. The molecule has 0 amide bonds. The Labute approximate surface area is 130 Å². The van der Waals surface area contributed by atoms with Gasteiger partial charge in [-0.25, -0.2) is 9.97 Å². The minimum atomic E-state index is 0.410. The van der Waals surface area contributed by atoms with Crippen molar-refractivity contribution >= 4 is 11.6 Å². The van der Waals surface area contributed by atoms with E-state index in [4.69, 9.17) is 16.6 Å². The summed E-state index contributed by atoms with van der Waals surface area (Å²) in [6.45, 7) is 3.12. The number of hydrogen-bond acceptors (Lipinski definition) is 3. The van der Waals surface area contributed by atoms with E-state index >= 15 is 0 Å². The van der Waals surface area contributed by atoms with Crippen LogP contribution in [-0.2, 0) is 12.8 Å². The summed E-state index contributed by atoms with van der Waals surface area (Å²) in [6, 6.07) is 8.30. The van der Waals surface area contributed by atoms with Gasteiger partial charge in [-0.15, -0.1) is 0 Å². The van der Waals surface area contributed by atoms with Crippen molar-refractivity contribution in [3.63, 3.8) is 0 Å². The fraction of sp³-hybridized carbons (Fsp3) is 0.412. The van der Waals surface area contributed by atoms with E-state index in [2.05, 4.69) is 17.2 Å². The Hall–Kier alpha value is -1.45. The average Bonchev–Trinajstić information content (AvgIpc) is 2.50. The Balaban J connectivity index is 1.84. The number of aryl methyl sites for hydroxylation is 1. The SMILES string of the molecule is CCNC1CCCc2nc(Cc3ccccc3Cl)ncc21. The molecule has 3 rings (SSSR count). The van der Waals surface area contributed by atoms with E-state index in [9.17, 15) is 0 Å². The van der Waals surface area contributed by atoms with Crippen molar-refractivity contribution in [2.75, 3.05) is 6.54 Å². The molecular weight excluding hydrogens is 282 g/mol. The van der Waals surface area contributed by atoms with Gasteiger partial charge in [-0.1, -0.05) is 36.7 Å². The molecule has 1 unspecified atom stereocenters. The number of halogens is 1. The number of nitrogens with one attached hydrogen (secondary N) is 1. The molecule has 1 heterocycles. The average molecular weight is 302 g/mol. The molecule has 110 valence electrons. The highest BCUT2D eigenvalue weighted by Crippen LogP contribution is 2.28. The third kappa shape index (κ3) is 3.25. The molecule has 3 nitrogen and oxygen atoms in total. The van der Waals surface area contributed by atoms with Crippen LogP contribution in [0.1, 0.15) is 48.5 Å². The Morgan fingerprint density at radius 3 is 3.00 bits per heavy atom. The zero-order valence-corrected chi connectivity index (χ0v) is 13.0. The van der Waals surface area contributed by atoms with Gasteiger partial charge in [-0.2, -0.15) is 0 Å². The van der Waals surface area contributed by atoms with Crippen LogP contribution in [0, 0.1) is 0 Å².